The summed E-state index contributed by atoms with van der Waals surface area (Å²) >= 11 is 1.72. The average molecular weight is 198 g/mol. The first-order chi connectivity index (χ1) is 6.20. The number of thiophene rings is 1. The predicted molar refractivity (Wildman–Crippen MR) is 54.1 cm³/mol. The molecule has 1 aromatic heterocycles. The fraction of sp³-hybridized carbons (Fsp3) is 0.500. The van der Waals surface area contributed by atoms with Crippen LogP contribution >= 0.6 is 11.3 Å². The maximum atomic E-state index is 10.8. The molecule has 3 heteroatoms. The lowest BCUT2D eigenvalue weighted by molar-refractivity contribution is -0.127. The van der Waals surface area contributed by atoms with E-state index in [1.54, 1.807) is 25.2 Å². The van der Waals surface area contributed by atoms with Crippen LogP contribution in [0.2, 0.25) is 0 Å². The van der Waals surface area contributed by atoms with E-state index in [0.717, 1.165) is 6.42 Å². The molecule has 0 aliphatic heterocycles. The van der Waals surface area contributed by atoms with Gasteiger partial charge in [0.05, 0.1) is 6.61 Å². The molecule has 72 valence electrons. The summed E-state index contributed by atoms with van der Waals surface area (Å²) in [7, 11) is 0. The van der Waals surface area contributed by atoms with Gasteiger partial charge in [-0.1, -0.05) is 6.07 Å². The SMILES string of the molecule is CC(=O)C(C)OCCc1cccs1. The highest BCUT2D eigenvalue weighted by molar-refractivity contribution is 7.09. The lowest BCUT2D eigenvalue weighted by Gasteiger charge is -2.08. The van der Waals surface area contributed by atoms with Gasteiger partial charge in [0.25, 0.3) is 0 Å². The smallest absolute Gasteiger partial charge is 0.158 e. The molecule has 13 heavy (non-hydrogen) atoms. The van der Waals surface area contributed by atoms with Crippen molar-refractivity contribution in [3.05, 3.63) is 22.4 Å². The fourth-order valence-corrected chi connectivity index (χ4v) is 1.60. The highest BCUT2D eigenvalue weighted by Crippen LogP contribution is 2.09. The Morgan fingerprint density at radius 3 is 3.00 bits per heavy atom. The molecule has 0 N–H and O–H groups in total. The van der Waals surface area contributed by atoms with Crippen molar-refractivity contribution in [3.63, 3.8) is 0 Å². The third-order valence-electron chi connectivity index (χ3n) is 1.87. The second-order valence-electron chi connectivity index (χ2n) is 2.95. The molecule has 0 saturated heterocycles. The van der Waals surface area contributed by atoms with Crippen LogP contribution in [0.15, 0.2) is 17.5 Å². The normalized spacial score (nSPS) is 12.8. The molecule has 1 unspecified atom stereocenters. The molecule has 1 heterocycles. The summed E-state index contributed by atoms with van der Waals surface area (Å²) in [4.78, 5) is 12.1. The van der Waals surface area contributed by atoms with E-state index in [4.69, 9.17) is 4.74 Å². The van der Waals surface area contributed by atoms with Crippen LogP contribution in [0.4, 0.5) is 0 Å². The minimum atomic E-state index is -0.264. The molecule has 2 nitrogen and oxygen atoms in total. The number of Topliss-reactive ketones (excluding diaryl/α,β-unsaturated/α-hetero) is 1. The Balaban J connectivity index is 2.18. The maximum absolute atomic E-state index is 10.8. The zero-order chi connectivity index (χ0) is 9.68. The van der Waals surface area contributed by atoms with Crippen LogP contribution in [0.25, 0.3) is 0 Å². The molecule has 0 bridgehead atoms. The minimum Gasteiger partial charge on any atom is -0.370 e. The van der Waals surface area contributed by atoms with Gasteiger partial charge < -0.3 is 4.74 Å². The third-order valence-corrected chi connectivity index (χ3v) is 2.81. The van der Waals surface area contributed by atoms with Crippen LogP contribution in [-0.2, 0) is 16.0 Å². The topological polar surface area (TPSA) is 26.3 Å². The van der Waals surface area contributed by atoms with Gasteiger partial charge in [-0.2, -0.15) is 0 Å². The molecule has 0 saturated carbocycles. The van der Waals surface area contributed by atoms with Gasteiger partial charge in [0.1, 0.15) is 6.10 Å². The summed E-state index contributed by atoms with van der Waals surface area (Å²) < 4.78 is 5.33. The second kappa shape index (κ2) is 5.14. The van der Waals surface area contributed by atoms with Crippen molar-refractivity contribution in [3.8, 4) is 0 Å². The van der Waals surface area contributed by atoms with Crippen molar-refractivity contribution in [2.45, 2.75) is 26.4 Å². The Hall–Kier alpha value is -0.670. The summed E-state index contributed by atoms with van der Waals surface area (Å²) in [6, 6.07) is 4.10. The molecule has 0 aromatic carbocycles. The summed E-state index contributed by atoms with van der Waals surface area (Å²) in [5.41, 5.74) is 0. The minimum absolute atomic E-state index is 0.0891. The molecule has 0 amide bonds. The second-order valence-corrected chi connectivity index (χ2v) is 3.99. The van der Waals surface area contributed by atoms with Gasteiger partial charge in [0, 0.05) is 11.3 Å². The quantitative estimate of drug-likeness (QED) is 0.725. The van der Waals surface area contributed by atoms with Crippen LogP contribution < -0.4 is 0 Å². The van der Waals surface area contributed by atoms with E-state index in [1.165, 1.54) is 4.88 Å². The molecular formula is C10H14O2S. The van der Waals surface area contributed by atoms with Crippen molar-refractivity contribution < 1.29 is 9.53 Å². The number of carbonyl (C=O) groups excluding carboxylic acids is 1. The first kappa shape index (κ1) is 10.4. The Kier molecular flexibility index (Phi) is 4.12. The van der Waals surface area contributed by atoms with Crippen molar-refractivity contribution in [2.75, 3.05) is 6.61 Å². The molecule has 0 spiro atoms. The van der Waals surface area contributed by atoms with Crippen molar-refractivity contribution in [1.82, 2.24) is 0 Å². The summed E-state index contributed by atoms with van der Waals surface area (Å²) in [5.74, 6) is 0.0891. The number of hydrogen-bond donors (Lipinski definition) is 0. The van der Waals surface area contributed by atoms with E-state index < -0.39 is 0 Å². The Labute approximate surface area is 82.5 Å². The molecule has 0 radical (unpaired) electrons. The third kappa shape index (κ3) is 3.70. The zero-order valence-corrected chi connectivity index (χ0v) is 8.76. The maximum Gasteiger partial charge on any atom is 0.158 e. The monoisotopic (exact) mass is 198 g/mol. The van der Waals surface area contributed by atoms with E-state index >= 15 is 0 Å². The van der Waals surface area contributed by atoms with Crippen LogP contribution in [0.3, 0.4) is 0 Å². The standard InChI is InChI=1S/C10H14O2S/c1-8(11)9(2)12-6-5-10-4-3-7-13-10/h3-4,7,9H,5-6H2,1-2H3. The van der Waals surface area contributed by atoms with Gasteiger partial charge in [-0.05, 0) is 25.3 Å². The number of ether oxygens (including phenoxy) is 1. The molecule has 1 rings (SSSR count). The first-order valence-corrected chi connectivity index (χ1v) is 5.22. The predicted octanol–water partition coefficient (Wildman–Crippen LogP) is 2.28. The van der Waals surface area contributed by atoms with Crippen molar-refractivity contribution in [1.29, 1.82) is 0 Å². The van der Waals surface area contributed by atoms with Crippen LogP contribution in [0, 0.1) is 0 Å². The van der Waals surface area contributed by atoms with Gasteiger partial charge in [-0.25, -0.2) is 0 Å². The van der Waals surface area contributed by atoms with Crippen molar-refractivity contribution in [2.24, 2.45) is 0 Å². The molecule has 1 atom stereocenters. The summed E-state index contributed by atoms with van der Waals surface area (Å²) in [6.07, 6.45) is 0.634. The van der Waals surface area contributed by atoms with Crippen molar-refractivity contribution >= 4 is 17.1 Å². The van der Waals surface area contributed by atoms with Crippen LogP contribution in [0.5, 0.6) is 0 Å². The lowest BCUT2D eigenvalue weighted by atomic mass is 10.3. The molecule has 0 aliphatic carbocycles. The van der Waals surface area contributed by atoms with E-state index in [1.807, 2.05) is 11.4 Å². The molecular weight excluding hydrogens is 184 g/mol. The average Bonchev–Trinajstić information content (AvgIpc) is 2.56. The van der Waals surface area contributed by atoms with Gasteiger partial charge in [-0.3, -0.25) is 4.79 Å². The van der Waals surface area contributed by atoms with Gasteiger partial charge >= 0.3 is 0 Å². The van der Waals surface area contributed by atoms with E-state index in [-0.39, 0.29) is 11.9 Å². The Morgan fingerprint density at radius 1 is 1.69 bits per heavy atom. The fourth-order valence-electron chi connectivity index (χ4n) is 0.908. The Morgan fingerprint density at radius 2 is 2.46 bits per heavy atom. The zero-order valence-electron chi connectivity index (χ0n) is 7.95. The van der Waals surface area contributed by atoms with E-state index in [0.29, 0.717) is 6.61 Å². The van der Waals surface area contributed by atoms with Gasteiger partial charge in [0.15, 0.2) is 5.78 Å². The van der Waals surface area contributed by atoms with E-state index in [9.17, 15) is 4.79 Å². The first-order valence-electron chi connectivity index (χ1n) is 4.34. The van der Waals surface area contributed by atoms with Gasteiger partial charge in [0.2, 0.25) is 0 Å². The largest absolute Gasteiger partial charge is 0.370 e. The summed E-state index contributed by atoms with van der Waals surface area (Å²) in [6.45, 7) is 3.97. The van der Waals surface area contributed by atoms with Crippen LogP contribution in [0.1, 0.15) is 18.7 Å². The lowest BCUT2D eigenvalue weighted by Crippen LogP contribution is -2.18. The summed E-state index contributed by atoms with van der Waals surface area (Å²) in [5, 5.41) is 2.05. The molecule has 1 aromatic rings. The highest BCUT2D eigenvalue weighted by atomic mass is 32.1. The highest BCUT2D eigenvalue weighted by Gasteiger charge is 2.06. The number of ketones is 1. The number of hydrogen-bond acceptors (Lipinski definition) is 3. The van der Waals surface area contributed by atoms with Crippen LogP contribution in [-0.4, -0.2) is 18.5 Å². The number of carbonyl (C=O) groups is 1. The van der Waals surface area contributed by atoms with Gasteiger partial charge in [-0.15, -0.1) is 11.3 Å². The van der Waals surface area contributed by atoms with E-state index in [2.05, 4.69) is 6.07 Å². The molecule has 0 aliphatic rings. The number of rotatable bonds is 5. The molecule has 0 fully saturated rings. The Bertz CT molecular complexity index is 254.